The lowest BCUT2D eigenvalue weighted by Crippen LogP contribution is -2.33. The number of nitrogens with one attached hydrogen (secondary N) is 1. The summed E-state index contributed by atoms with van der Waals surface area (Å²) < 4.78 is 5.74. The molecule has 1 saturated carbocycles. The smallest absolute Gasteiger partial charge is 0.307 e. The van der Waals surface area contributed by atoms with Crippen LogP contribution in [0.5, 0.6) is 5.75 Å². The number of carboxylic acid groups (broad SMARTS) is 1. The molecule has 2 amide bonds. The van der Waals surface area contributed by atoms with Gasteiger partial charge in [0, 0.05) is 25.4 Å². The number of hydrogen-bond donors (Lipinski definition) is 2. The highest BCUT2D eigenvalue weighted by Crippen LogP contribution is 2.36. The fraction of sp³-hybridized carbons (Fsp3) is 0.700. The highest BCUT2D eigenvalue weighted by Gasteiger charge is 2.37. The Labute approximate surface area is 222 Å². The van der Waals surface area contributed by atoms with E-state index in [0.717, 1.165) is 31.5 Å². The van der Waals surface area contributed by atoms with E-state index in [9.17, 15) is 19.5 Å². The largest absolute Gasteiger partial charge is 0.492 e. The molecule has 2 aliphatic rings. The lowest BCUT2D eigenvalue weighted by atomic mass is 9.82. The first-order chi connectivity index (χ1) is 17.9. The van der Waals surface area contributed by atoms with E-state index >= 15 is 0 Å². The number of carbonyl (C=O) groups excluding carboxylic acids is 2. The van der Waals surface area contributed by atoms with Gasteiger partial charge in [-0.3, -0.25) is 14.4 Å². The van der Waals surface area contributed by atoms with Crippen molar-refractivity contribution in [2.24, 2.45) is 23.7 Å². The lowest BCUT2D eigenvalue weighted by molar-refractivity contribution is -0.145. The van der Waals surface area contributed by atoms with E-state index in [1.807, 2.05) is 36.1 Å². The molecule has 3 rings (SSSR count). The number of aliphatic carboxylic acids is 1. The number of ether oxygens (including phenoxy) is 1. The summed E-state index contributed by atoms with van der Waals surface area (Å²) in [6, 6.07) is 7.35. The van der Waals surface area contributed by atoms with Crippen LogP contribution in [0.4, 0.5) is 0 Å². The van der Waals surface area contributed by atoms with Crippen LogP contribution in [0.2, 0.25) is 0 Å². The Hall–Kier alpha value is -2.57. The van der Waals surface area contributed by atoms with Crippen LogP contribution in [0, 0.1) is 23.7 Å². The second-order valence-electron chi connectivity index (χ2n) is 11.1. The number of hydrogen-bond acceptors (Lipinski definition) is 4. The van der Waals surface area contributed by atoms with E-state index in [2.05, 4.69) is 12.2 Å². The molecule has 2 fully saturated rings. The molecule has 0 spiro atoms. The quantitative estimate of drug-likeness (QED) is 0.319. The van der Waals surface area contributed by atoms with Crippen LogP contribution < -0.4 is 10.1 Å². The molecule has 0 aromatic heterocycles. The molecule has 4 unspecified atom stereocenters. The topological polar surface area (TPSA) is 95.9 Å². The zero-order valence-electron chi connectivity index (χ0n) is 22.8. The van der Waals surface area contributed by atoms with Gasteiger partial charge in [-0.2, -0.15) is 0 Å². The number of rotatable bonds is 15. The molecule has 1 aliphatic heterocycles. The van der Waals surface area contributed by atoms with E-state index in [1.165, 1.54) is 44.9 Å². The van der Waals surface area contributed by atoms with Crippen molar-refractivity contribution < 1.29 is 24.2 Å². The van der Waals surface area contributed by atoms with Gasteiger partial charge < -0.3 is 20.1 Å². The zero-order chi connectivity index (χ0) is 26.6. The fourth-order valence-corrected chi connectivity index (χ4v) is 5.73. The van der Waals surface area contributed by atoms with Crippen LogP contribution in [0.15, 0.2) is 24.3 Å². The molecule has 1 aromatic rings. The minimum absolute atomic E-state index is 0.0137. The highest BCUT2D eigenvalue weighted by atomic mass is 16.5. The Morgan fingerprint density at radius 1 is 1.05 bits per heavy atom. The molecule has 7 heteroatoms. The van der Waals surface area contributed by atoms with Crippen molar-refractivity contribution in [2.75, 3.05) is 26.2 Å². The zero-order valence-corrected chi connectivity index (χ0v) is 22.8. The van der Waals surface area contributed by atoms with Crippen LogP contribution >= 0.6 is 0 Å². The normalized spacial score (nSPS) is 20.6. The van der Waals surface area contributed by atoms with Gasteiger partial charge in [-0.25, -0.2) is 0 Å². The molecule has 1 aliphatic carbocycles. The van der Waals surface area contributed by atoms with Crippen LogP contribution in [0.3, 0.4) is 0 Å². The summed E-state index contributed by atoms with van der Waals surface area (Å²) in [5, 5.41) is 12.7. The summed E-state index contributed by atoms with van der Waals surface area (Å²) in [5.41, 5.74) is 0.868. The van der Waals surface area contributed by atoms with Crippen molar-refractivity contribution >= 4 is 17.8 Å². The minimum Gasteiger partial charge on any atom is -0.492 e. The number of fused-ring (bicyclic) bond motifs is 1. The van der Waals surface area contributed by atoms with E-state index in [-0.39, 0.29) is 24.2 Å². The Kier molecular flexibility index (Phi) is 11.7. The van der Waals surface area contributed by atoms with Crippen molar-refractivity contribution in [3.05, 3.63) is 29.8 Å². The van der Waals surface area contributed by atoms with Crippen molar-refractivity contribution in [1.82, 2.24) is 10.2 Å². The first-order valence-electron chi connectivity index (χ1n) is 14.4. The monoisotopic (exact) mass is 514 g/mol. The number of carbonyl (C=O) groups is 3. The Bertz CT molecular complexity index is 857. The van der Waals surface area contributed by atoms with Crippen LogP contribution in [-0.4, -0.2) is 54.0 Å². The summed E-state index contributed by atoms with van der Waals surface area (Å²) in [6.45, 7) is 6.55. The minimum atomic E-state index is -0.930. The van der Waals surface area contributed by atoms with Gasteiger partial charge in [0.2, 0.25) is 11.8 Å². The van der Waals surface area contributed by atoms with Crippen molar-refractivity contribution in [3.63, 3.8) is 0 Å². The predicted octanol–water partition coefficient (Wildman–Crippen LogP) is 5.07. The van der Waals surface area contributed by atoms with Gasteiger partial charge in [0.25, 0.3) is 0 Å². The van der Waals surface area contributed by atoms with Gasteiger partial charge in [0.05, 0.1) is 12.5 Å². The summed E-state index contributed by atoms with van der Waals surface area (Å²) >= 11 is 0. The number of amides is 2. The van der Waals surface area contributed by atoms with Gasteiger partial charge in [-0.15, -0.1) is 0 Å². The molecule has 2 N–H and O–H groups in total. The lowest BCUT2D eigenvalue weighted by Gasteiger charge is -2.22. The molecule has 1 aromatic carbocycles. The number of unbranched alkanes of at least 4 members (excludes halogenated alkanes) is 3. The fourth-order valence-electron chi connectivity index (χ4n) is 5.73. The molecular weight excluding hydrogens is 468 g/mol. The van der Waals surface area contributed by atoms with E-state index < -0.39 is 11.9 Å². The van der Waals surface area contributed by atoms with E-state index in [0.29, 0.717) is 37.2 Å². The SMILES string of the molecule is CCCCCCC(C)C(=O)NCCOc1ccc(CC(CC(=O)N2CC3CCCCC3C2)C(=O)O)cc1. The van der Waals surface area contributed by atoms with Crippen LogP contribution in [-0.2, 0) is 20.8 Å². The summed E-state index contributed by atoms with van der Waals surface area (Å²) in [6.07, 6.45) is 10.8. The third-order valence-electron chi connectivity index (χ3n) is 8.11. The third kappa shape index (κ3) is 9.35. The molecule has 4 atom stereocenters. The van der Waals surface area contributed by atoms with Gasteiger partial charge in [0.15, 0.2) is 0 Å². The average molecular weight is 515 g/mol. The maximum absolute atomic E-state index is 12.9. The Morgan fingerprint density at radius 3 is 2.35 bits per heavy atom. The Balaban J connectivity index is 1.38. The second-order valence-corrected chi connectivity index (χ2v) is 11.1. The van der Waals surface area contributed by atoms with Crippen molar-refractivity contribution in [3.8, 4) is 5.75 Å². The van der Waals surface area contributed by atoms with Crippen molar-refractivity contribution in [2.45, 2.75) is 84.5 Å². The molecule has 0 bridgehead atoms. The van der Waals surface area contributed by atoms with Crippen LogP contribution in [0.1, 0.15) is 83.6 Å². The van der Waals surface area contributed by atoms with Gasteiger partial charge in [-0.05, 0) is 55.2 Å². The highest BCUT2D eigenvalue weighted by molar-refractivity contribution is 5.82. The van der Waals surface area contributed by atoms with E-state index in [4.69, 9.17) is 4.74 Å². The molecule has 0 radical (unpaired) electrons. The number of nitrogens with zero attached hydrogens (tertiary/aromatic N) is 1. The summed E-state index contributed by atoms with van der Waals surface area (Å²) in [5.74, 6) is 0.257. The molecule has 1 saturated heterocycles. The summed E-state index contributed by atoms with van der Waals surface area (Å²) in [7, 11) is 0. The summed E-state index contributed by atoms with van der Waals surface area (Å²) in [4.78, 5) is 38.9. The Morgan fingerprint density at radius 2 is 1.73 bits per heavy atom. The van der Waals surface area contributed by atoms with Gasteiger partial charge >= 0.3 is 5.97 Å². The van der Waals surface area contributed by atoms with Gasteiger partial charge in [0.1, 0.15) is 12.4 Å². The maximum atomic E-state index is 12.9. The molecule has 37 heavy (non-hydrogen) atoms. The first kappa shape index (κ1) is 29.0. The number of benzene rings is 1. The van der Waals surface area contributed by atoms with Gasteiger partial charge in [-0.1, -0.05) is 64.5 Å². The molecule has 7 nitrogen and oxygen atoms in total. The third-order valence-corrected chi connectivity index (χ3v) is 8.11. The molecular formula is C30H46N2O5. The number of carboxylic acids is 1. The standard InChI is InChI=1S/C30H46N2O5/c1-3-4-5-6-9-22(2)29(34)31-16-17-37-27-14-12-23(13-15-27)18-26(30(35)36)19-28(33)32-20-24-10-7-8-11-25(24)21-32/h12-15,22,24-26H,3-11,16-21H2,1-2H3,(H,31,34)(H,35,36). The van der Waals surface area contributed by atoms with Crippen molar-refractivity contribution in [1.29, 1.82) is 0 Å². The molecule has 206 valence electrons. The first-order valence-corrected chi connectivity index (χ1v) is 14.4. The maximum Gasteiger partial charge on any atom is 0.307 e. The van der Waals surface area contributed by atoms with E-state index in [1.54, 1.807) is 0 Å². The predicted molar refractivity (Wildman–Crippen MR) is 144 cm³/mol. The second kappa shape index (κ2) is 15.0. The molecule has 1 heterocycles. The average Bonchev–Trinajstić information content (AvgIpc) is 3.34. The van der Waals surface area contributed by atoms with Crippen LogP contribution in [0.25, 0.3) is 0 Å². The number of likely N-dealkylation sites (tertiary alicyclic amines) is 1.